The van der Waals surface area contributed by atoms with Crippen molar-refractivity contribution in [2.24, 2.45) is 0 Å². The third kappa shape index (κ3) is 4.33. The number of fused-ring (bicyclic) bond motifs is 1. The normalized spacial score (nSPS) is 13.7. The Balaban J connectivity index is 1.48. The standard InChI is InChI=1S/C23H21F2N5O3/c1-12-5-20(28-8-14(12)6-26)30-10-15(21(29-30)22(24)25)7-27-9-19(31)16-3-4-17-18(13(16)2)11-33-23(17)32/h3-5,8,10,19,22,27,31H,7,9,11H2,1-2H3. The van der Waals surface area contributed by atoms with Gasteiger partial charge in [0.05, 0.1) is 17.2 Å². The summed E-state index contributed by atoms with van der Waals surface area (Å²) in [4.78, 5) is 15.8. The van der Waals surface area contributed by atoms with Crippen LogP contribution in [0.2, 0.25) is 0 Å². The maximum atomic E-state index is 13.6. The lowest BCUT2D eigenvalue weighted by Crippen LogP contribution is -2.22. The number of aromatic nitrogens is 3. The molecule has 1 unspecified atom stereocenters. The van der Waals surface area contributed by atoms with E-state index in [1.165, 1.54) is 17.1 Å². The summed E-state index contributed by atoms with van der Waals surface area (Å²) < 4.78 is 33.4. The predicted octanol–water partition coefficient (Wildman–Crippen LogP) is 3.19. The molecular formula is C23H21F2N5O3. The summed E-state index contributed by atoms with van der Waals surface area (Å²) >= 11 is 0. The van der Waals surface area contributed by atoms with Crippen LogP contribution in [-0.2, 0) is 17.9 Å². The van der Waals surface area contributed by atoms with E-state index in [1.54, 1.807) is 25.1 Å². The van der Waals surface area contributed by atoms with Crippen molar-refractivity contribution in [3.8, 4) is 11.9 Å². The van der Waals surface area contributed by atoms with Gasteiger partial charge in [-0.25, -0.2) is 23.2 Å². The molecule has 3 heterocycles. The number of hydrogen-bond donors (Lipinski definition) is 2. The highest BCUT2D eigenvalue weighted by atomic mass is 19.3. The minimum absolute atomic E-state index is 0.0532. The molecule has 2 N–H and O–H groups in total. The van der Waals surface area contributed by atoms with Crippen molar-refractivity contribution >= 4 is 5.97 Å². The molecule has 0 saturated heterocycles. The second kappa shape index (κ2) is 9.05. The topological polar surface area (TPSA) is 113 Å². The lowest BCUT2D eigenvalue weighted by Gasteiger charge is -2.16. The highest BCUT2D eigenvalue weighted by Crippen LogP contribution is 2.29. The van der Waals surface area contributed by atoms with Crippen LogP contribution in [0.5, 0.6) is 0 Å². The van der Waals surface area contributed by atoms with Gasteiger partial charge in [0, 0.05) is 36.6 Å². The van der Waals surface area contributed by atoms with E-state index in [0.29, 0.717) is 28.1 Å². The Labute approximate surface area is 188 Å². The van der Waals surface area contributed by atoms with Crippen LogP contribution in [0.4, 0.5) is 8.78 Å². The quantitative estimate of drug-likeness (QED) is 0.528. The number of alkyl halides is 2. The number of halogens is 2. The molecular weight excluding hydrogens is 432 g/mol. The van der Waals surface area contributed by atoms with Gasteiger partial charge in [-0.3, -0.25) is 0 Å². The molecule has 0 fully saturated rings. The molecule has 3 aromatic rings. The molecule has 1 atom stereocenters. The van der Waals surface area contributed by atoms with Gasteiger partial charge in [-0.1, -0.05) is 6.07 Å². The number of carbonyl (C=O) groups is 1. The Kier molecular flexibility index (Phi) is 6.18. The summed E-state index contributed by atoms with van der Waals surface area (Å²) in [5, 5.41) is 26.6. The van der Waals surface area contributed by atoms with Crippen molar-refractivity contribution in [1.82, 2.24) is 20.1 Å². The summed E-state index contributed by atoms with van der Waals surface area (Å²) in [7, 11) is 0. The zero-order valence-electron chi connectivity index (χ0n) is 18.0. The Bertz CT molecular complexity index is 1270. The fourth-order valence-corrected chi connectivity index (χ4v) is 3.83. The van der Waals surface area contributed by atoms with E-state index in [0.717, 1.165) is 11.1 Å². The van der Waals surface area contributed by atoms with Crippen molar-refractivity contribution in [2.75, 3.05) is 6.54 Å². The van der Waals surface area contributed by atoms with Crippen LogP contribution in [0.1, 0.15) is 62.0 Å². The van der Waals surface area contributed by atoms with E-state index in [4.69, 9.17) is 10.00 Å². The molecule has 10 heteroatoms. The number of benzene rings is 1. The lowest BCUT2D eigenvalue weighted by atomic mass is 9.95. The van der Waals surface area contributed by atoms with Gasteiger partial charge in [-0.15, -0.1) is 0 Å². The first kappa shape index (κ1) is 22.5. The summed E-state index contributed by atoms with van der Waals surface area (Å²) in [6, 6.07) is 6.92. The number of carbonyl (C=O) groups excluding carboxylic acids is 1. The summed E-state index contributed by atoms with van der Waals surface area (Å²) in [6.07, 6.45) is -0.860. The number of aliphatic hydroxyl groups is 1. The number of nitriles is 1. The number of esters is 1. The molecule has 170 valence electrons. The SMILES string of the molecule is Cc1cc(-n2cc(CNCC(O)c3ccc4c(c3C)COC4=O)c(C(F)F)n2)ncc1C#N. The second-order valence-electron chi connectivity index (χ2n) is 7.78. The summed E-state index contributed by atoms with van der Waals surface area (Å²) in [6.45, 7) is 3.88. The molecule has 0 amide bonds. The van der Waals surface area contributed by atoms with E-state index >= 15 is 0 Å². The molecule has 0 radical (unpaired) electrons. The number of aliphatic hydroxyl groups excluding tert-OH is 1. The average Bonchev–Trinajstić information content (AvgIpc) is 3.38. The van der Waals surface area contributed by atoms with Gasteiger partial charge < -0.3 is 15.2 Å². The number of rotatable bonds is 7. The maximum Gasteiger partial charge on any atom is 0.338 e. The van der Waals surface area contributed by atoms with Crippen LogP contribution in [0.15, 0.2) is 30.6 Å². The minimum Gasteiger partial charge on any atom is -0.457 e. The van der Waals surface area contributed by atoms with Crippen LogP contribution in [0, 0.1) is 25.2 Å². The fourth-order valence-electron chi connectivity index (χ4n) is 3.83. The van der Waals surface area contributed by atoms with Gasteiger partial charge >= 0.3 is 5.97 Å². The zero-order chi connectivity index (χ0) is 23.7. The van der Waals surface area contributed by atoms with Crippen LogP contribution in [0.3, 0.4) is 0 Å². The first-order valence-corrected chi connectivity index (χ1v) is 10.2. The third-order valence-electron chi connectivity index (χ3n) is 5.70. The first-order valence-electron chi connectivity index (χ1n) is 10.2. The number of aryl methyl sites for hydroxylation is 1. The monoisotopic (exact) mass is 453 g/mol. The Hall–Kier alpha value is -3.68. The summed E-state index contributed by atoms with van der Waals surface area (Å²) in [5.74, 6) is -0.0547. The number of cyclic esters (lactones) is 1. The van der Waals surface area contributed by atoms with E-state index in [-0.39, 0.29) is 36.9 Å². The van der Waals surface area contributed by atoms with Gasteiger partial charge in [0.15, 0.2) is 5.82 Å². The first-order chi connectivity index (χ1) is 15.8. The van der Waals surface area contributed by atoms with Gasteiger partial charge in [-0.05, 0) is 42.7 Å². The minimum atomic E-state index is -2.79. The largest absolute Gasteiger partial charge is 0.457 e. The number of hydrogen-bond acceptors (Lipinski definition) is 7. The van der Waals surface area contributed by atoms with Gasteiger partial charge in [0.1, 0.15) is 18.4 Å². The van der Waals surface area contributed by atoms with Crippen molar-refractivity contribution in [3.05, 3.63) is 75.2 Å². The molecule has 1 aliphatic rings. The van der Waals surface area contributed by atoms with Crippen molar-refractivity contribution < 1.29 is 23.4 Å². The van der Waals surface area contributed by atoms with Crippen LogP contribution in [0.25, 0.3) is 5.82 Å². The predicted molar refractivity (Wildman–Crippen MR) is 113 cm³/mol. The molecule has 8 nitrogen and oxygen atoms in total. The Morgan fingerprint density at radius 2 is 2.15 bits per heavy atom. The lowest BCUT2D eigenvalue weighted by molar-refractivity contribution is 0.0535. The molecule has 2 aromatic heterocycles. The molecule has 1 aliphatic heterocycles. The van der Waals surface area contributed by atoms with Gasteiger partial charge in [-0.2, -0.15) is 10.4 Å². The Morgan fingerprint density at radius 1 is 1.36 bits per heavy atom. The molecule has 0 bridgehead atoms. The van der Waals surface area contributed by atoms with Crippen molar-refractivity contribution in [2.45, 2.75) is 39.5 Å². The smallest absolute Gasteiger partial charge is 0.338 e. The van der Waals surface area contributed by atoms with E-state index in [9.17, 15) is 18.7 Å². The van der Waals surface area contributed by atoms with Crippen LogP contribution < -0.4 is 5.32 Å². The molecule has 4 rings (SSSR count). The molecule has 0 aliphatic carbocycles. The van der Waals surface area contributed by atoms with Crippen molar-refractivity contribution in [1.29, 1.82) is 5.26 Å². The van der Waals surface area contributed by atoms with E-state index in [2.05, 4.69) is 15.4 Å². The third-order valence-corrected chi connectivity index (χ3v) is 5.70. The van der Waals surface area contributed by atoms with Gasteiger partial charge in [0.2, 0.25) is 0 Å². The number of nitrogens with zero attached hydrogens (tertiary/aromatic N) is 4. The maximum absolute atomic E-state index is 13.6. The average molecular weight is 453 g/mol. The number of pyridine rings is 1. The Morgan fingerprint density at radius 3 is 2.85 bits per heavy atom. The molecule has 1 aromatic carbocycles. The second-order valence-corrected chi connectivity index (χ2v) is 7.78. The fraction of sp³-hybridized carbons (Fsp3) is 0.304. The number of nitrogens with one attached hydrogen (secondary N) is 1. The summed E-state index contributed by atoms with van der Waals surface area (Å²) in [5.41, 5.74) is 3.61. The zero-order valence-corrected chi connectivity index (χ0v) is 18.0. The molecule has 33 heavy (non-hydrogen) atoms. The van der Waals surface area contributed by atoms with E-state index < -0.39 is 12.5 Å². The number of ether oxygens (including phenoxy) is 1. The van der Waals surface area contributed by atoms with Crippen LogP contribution in [-0.4, -0.2) is 32.4 Å². The molecule has 0 saturated carbocycles. The highest BCUT2D eigenvalue weighted by Gasteiger charge is 2.26. The van der Waals surface area contributed by atoms with Crippen LogP contribution >= 0.6 is 0 Å². The van der Waals surface area contributed by atoms with Gasteiger partial charge in [0.25, 0.3) is 6.43 Å². The van der Waals surface area contributed by atoms with E-state index in [1.807, 2.05) is 13.0 Å². The molecule has 0 spiro atoms. The van der Waals surface area contributed by atoms with Crippen molar-refractivity contribution in [3.63, 3.8) is 0 Å². The highest BCUT2D eigenvalue weighted by molar-refractivity contribution is 5.93.